The van der Waals surface area contributed by atoms with E-state index in [0.717, 1.165) is 17.1 Å². The van der Waals surface area contributed by atoms with Gasteiger partial charge in [0.05, 0.1) is 16.7 Å². The number of hydrogen-bond acceptors (Lipinski definition) is 1. The van der Waals surface area contributed by atoms with E-state index in [4.69, 9.17) is 0 Å². The highest BCUT2D eigenvalue weighted by Crippen LogP contribution is 2.50. The number of rotatable bonds is 8. The molecule has 11 aromatic rings. The van der Waals surface area contributed by atoms with Crippen molar-refractivity contribution < 1.29 is 0 Å². The zero-order valence-electron chi connectivity index (χ0n) is 36.5. The average Bonchev–Trinajstić information content (AvgIpc) is 3.71. The van der Waals surface area contributed by atoms with E-state index in [1.54, 1.807) is 0 Å². The van der Waals surface area contributed by atoms with Gasteiger partial charge in [-0.05, 0) is 152 Å². The fourth-order valence-electron chi connectivity index (χ4n) is 10.3. The van der Waals surface area contributed by atoms with Gasteiger partial charge in [0.25, 0.3) is 0 Å². The van der Waals surface area contributed by atoms with Gasteiger partial charge in [0.1, 0.15) is 0 Å². The highest BCUT2D eigenvalue weighted by atomic mass is 15.1. The number of nitrogens with zero attached hydrogens (tertiary/aromatic N) is 2. The average molecular weight is 831 g/mol. The molecule has 2 heteroatoms. The Morgan fingerprint density at radius 3 is 1.29 bits per heavy atom. The van der Waals surface area contributed by atoms with Gasteiger partial charge in [0.2, 0.25) is 0 Å². The first-order valence-corrected chi connectivity index (χ1v) is 22.6. The molecule has 0 N–H and O–H groups in total. The van der Waals surface area contributed by atoms with Crippen LogP contribution >= 0.6 is 0 Å². The summed E-state index contributed by atoms with van der Waals surface area (Å²) in [6.45, 7) is 4.78. The molecule has 1 aliphatic rings. The van der Waals surface area contributed by atoms with Crippen molar-refractivity contribution in [1.29, 1.82) is 0 Å². The second-order valence-electron chi connectivity index (χ2n) is 17.8. The summed E-state index contributed by atoms with van der Waals surface area (Å²) in [6, 6.07) is 88.9. The molecule has 0 saturated heterocycles. The van der Waals surface area contributed by atoms with Gasteiger partial charge in [-0.25, -0.2) is 0 Å². The van der Waals surface area contributed by atoms with Crippen LogP contribution in [-0.2, 0) is 5.41 Å². The number of aromatic nitrogens is 1. The molecule has 1 aliphatic heterocycles. The number of para-hydroxylation sites is 3. The lowest BCUT2D eigenvalue weighted by molar-refractivity contribution is 0.630. The molecular formula is C63H46N2. The fraction of sp³-hybridized carbons (Fsp3) is 0.0476. The smallest absolute Gasteiger partial charge is 0.0582 e. The lowest BCUT2D eigenvalue weighted by Crippen LogP contribution is -2.26. The van der Waals surface area contributed by atoms with Crippen LogP contribution in [0.2, 0.25) is 0 Å². The molecule has 12 rings (SSSR count). The fourth-order valence-corrected chi connectivity index (χ4v) is 10.3. The summed E-state index contributed by atoms with van der Waals surface area (Å²) in [6.07, 6.45) is 0. The largest absolute Gasteiger partial charge is 0.310 e. The van der Waals surface area contributed by atoms with Crippen LogP contribution in [0.5, 0.6) is 0 Å². The highest BCUT2D eigenvalue weighted by molar-refractivity contribution is 6.13. The SMILES string of the molecule is CC1(C)c2cc(N(c3ccccc3)c3ccccc3)ccc2-n2c3ccc(-c4cc(-c5cccc(-c6ccccc6)c5)cc(-c5cccc(-c6ccccc6)c5)c4)cc3c3cccc1c32. The van der Waals surface area contributed by atoms with E-state index in [9.17, 15) is 0 Å². The van der Waals surface area contributed by atoms with Crippen LogP contribution in [-0.4, -0.2) is 4.57 Å². The summed E-state index contributed by atoms with van der Waals surface area (Å²) in [4.78, 5) is 2.37. The molecular weight excluding hydrogens is 785 g/mol. The van der Waals surface area contributed by atoms with Crippen molar-refractivity contribution in [2.45, 2.75) is 19.3 Å². The first kappa shape index (κ1) is 38.5. The first-order valence-electron chi connectivity index (χ1n) is 22.6. The van der Waals surface area contributed by atoms with Gasteiger partial charge >= 0.3 is 0 Å². The molecule has 0 unspecified atom stereocenters. The number of hydrogen-bond donors (Lipinski definition) is 0. The van der Waals surface area contributed by atoms with Crippen molar-refractivity contribution in [1.82, 2.24) is 4.57 Å². The molecule has 1 aromatic heterocycles. The normalized spacial score (nSPS) is 12.6. The zero-order chi connectivity index (χ0) is 43.5. The van der Waals surface area contributed by atoms with Crippen LogP contribution in [0.25, 0.3) is 83.1 Å². The van der Waals surface area contributed by atoms with Crippen molar-refractivity contribution in [3.8, 4) is 61.3 Å². The van der Waals surface area contributed by atoms with E-state index >= 15 is 0 Å². The Balaban J connectivity index is 1.03. The van der Waals surface area contributed by atoms with Crippen LogP contribution < -0.4 is 4.90 Å². The molecule has 0 aliphatic carbocycles. The minimum atomic E-state index is -0.247. The summed E-state index contributed by atoms with van der Waals surface area (Å²) >= 11 is 0. The molecule has 0 saturated carbocycles. The van der Waals surface area contributed by atoms with Crippen LogP contribution in [0.1, 0.15) is 25.0 Å². The summed E-state index contributed by atoms with van der Waals surface area (Å²) in [5.41, 5.74) is 21.5. The molecule has 2 heterocycles. The minimum absolute atomic E-state index is 0.247. The van der Waals surface area contributed by atoms with Gasteiger partial charge in [-0.3, -0.25) is 0 Å². The summed E-state index contributed by atoms with van der Waals surface area (Å²) in [5, 5.41) is 2.53. The third-order valence-electron chi connectivity index (χ3n) is 13.5. The Morgan fingerprint density at radius 1 is 0.308 bits per heavy atom. The molecule has 0 bridgehead atoms. The van der Waals surface area contributed by atoms with Crippen LogP contribution in [0.3, 0.4) is 0 Å². The van der Waals surface area contributed by atoms with E-state index in [2.05, 4.69) is 266 Å². The lowest BCUT2D eigenvalue weighted by Gasteiger charge is -2.36. The van der Waals surface area contributed by atoms with Gasteiger partial charge in [-0.15, -0.1) is 0 Å². The molecule has 65 heavy (non-hydrogen) atoms. The van der Waals surface area contributed by atoms with Gasteiger partial charge in [-0.1, -0.05) is 172 Å². The predicted molar refractivity (Wildman–Crippen MR) is 275 cm³/mol. The van der Waals surface area contributed by atoms with Crippen LogP contribution in [0, 0.1) is 0 Å². The monoisotopic (exact) mass is 830 g/mol. The number of benzene rings is 10. The van der Waals surface area contributed by atoms with Crippen molar-refractivity contribution in [3.63, 3.8) is 0 Å². The molecule has 2 nitrogen and oxygen atoms in total. The Labute approximate surface area is 381 Å². The molecule has 308 valence electrons. The lowest BCUT2D eigenvalue weighted by atomic mass is 9.74. The molecule has 0 atom stereocenters. The summed E-state index contributed by atoms with van der Waals surface area (Å²) < 4.78 is 2.52. The van der Waals surface area contributed by atoms with E-state index < -0.39 is 0 Å². The third kappa shape index (κ3) is 6.65. The first-order chi connectivity index (χ1) is 32.0. The van der Waals surface area contributed by atoms with Crippen LogP contribution in [0.4, 0.5) is 17.1 Å². The quantitative estimate of drug-likeness (QED) is 0.148. The van der Waals surface area contributed by atoms with Crippen molar-refractivity contribution in [2.24, 2.45) is 0 Å². The van der Waals surface area contributed by atoms with E-state index in [-0.39, 0.29) is 5.41 Å². The predicted octanol–water partition coefficient (Wildman–Crippen LogP) is 17.2. The van der Waals surface area contributed by atoms with Crippen molar-refractivity contribution >= 4 is 38.9 Å². The van der Waals surface area contributed by atoms with Gasteiger partial charge in [0.15, 0.2) is 0 Å². The Hall–Kier alpha value is -8.20. The molecule has 0 radical (unpaired) electrons. The van der Waals surface area contributed by atoms with E-state index in [1.807, 2.05) is 0 Å². The molecule has 0 amide bonds. The van der Waals surface area contributed by atoms with Gasteiger partial charge in [0, 0.05) is 33.2 Å². The number of anilines is 3. The maximum atomic E-state index is 2.52. The second-order valence-corrected chi connectivity index (χ2v) is 17.8. The maximum Gasteiger partial charge on any atom is 0.0582 e. The topological polar surface area (TPSA) is 8.17 Å². The van der Waals surface area contributed by atoms with E-state index in [0.29, 0.717) is 0 Å². The molecule has 10 aromatic carbocycles. The molecule has 0 fully saturated rings. The van der Waals surface area contributed by atoms with Crippen molar-refractivity contribution in [2.75, 3.05) is 4.90 Å². The maximum absolute atomic E-state index is 2.52. The van der Waals surface area contributed by atoms with E-state index in [1.165, 1.54) is 94.3 Å². The zero-order valence-corrected chi connectivity index (χ0v) is 36.5. The molecule has 0 spiro atoms. The highest BCUT2D eigenvalue weighted by Gasteiger charge is 2.36. The minimum Gasteiger partial charge on any atom is -0.310 e. The summed E-state index contributed by atoms with van der Waals surface area (Å²) in [7, 11) is 0. The van der Waals surface area contributed by atoms with Gasteiger partial charge in [-0.2, -0.15) is 0 Å². The third-order valence-corrected chi connectivity index (χ3v) is 13.5. The Morgan fingerprint density at radius 2 is 0.754 bits per heavy atom. The van der Waals surface area contributed by atoms with Crippen LogP contribution in [0.15, 0.2) is 243 Å². The summed E-state index contributed by atoms with van der Waals surface area (Å²) in [5.74, 6) is 0. The van der Waals surface area contributed by atoms with Gasteiger partial charge < -0.3 is 9.47 Å². The Bertz CT molecular complexity index is 3410. The number of fused-ring (bicyclic) bond motifs is 5. The van der Waals surface area contributed by atoms with Crippen molar-refractivity contribution in [3.05, 3.63) is 254 Å². The Kier molecular flexibility index (Phi) is 9.21. The second kappa shape index (κ2) is 15.6. The standard InChI is InChI=1S/C63H46N2/c1-63(2)58-31-17-30-56-57-41-49(32-34-60(57)65(62(56)58)61-35-33-55(42-59(61)63)64(53-26-11-5-12-27-53)54-28-13-6-14-29-54)52-39-50(47-24-15-22-45(36-47)43-18-7-3-8-19-43)38-51(40-52)48-25-16-23-46(37-48)44-20-9-4-10-21-44/h3-42H,1-2H3.